The van der Waals surface area contributed by atoms with Crippen molar-refractivity contribution in [2.45, 2.75) is 19.6 Å². The summed E-state index contributed by atoms with van der Waals surface area (Å²) in [6, 6.07) is 38.3. The van der Waals surface area contributed by atoms with Gasteiger partial charge in [0.05, 0.1) is 9.79 Å². The molecule has 0 unspecified atom stereocenters. The van der Waals surface area contributed by atoms with Gasteiger partial charge in [-0.15, -0.1) is 0 Å². The largest absolute Gasteiger partial charge is 0.333 e. The van der Waals surface area contributed by atoms with Crippen molar-refractivity contribution >= 4 is 90.1 Å². The third-order valence-corrected chi connectivity index (χ3v) is 11.5. The molecule has 6 rings (SSSR count). The summed E-state index contributed by atoms with van der Waals surface area (Å²) >= 11 is 1.36. The molecule has 0 radical (unpaired) electrons. The average Bonchev–Trinajstić information content (AvgIpc) is 3.20. The van der Waals surface area contributed by atoms with E-state index in [0.29, 0.717) is 34.1 Å². The number of carbonyl (C=O) groups excluding carboxylic acids is 4. The normalized spacial score (nSPS) is 11.0. The Morgan fingerprint density at radius 2 is 0.576 bits per heavy atom. The number of nitrogens with one attached hydrogen (secondary N) is 8. The molecule has 8 amide bonds. The summed E-state index contributed by atoms with van der Waals surface area (Å²) in [6.45, 7) is 0. The standard InChI is InChI=1S/C40H34N8O8S3/c49-37(41-27-7-3-1-4-8-27)43-31-15-23-35(24-16-31)58(53,54)47-39(51)45-29-11-19-33(20-12-29)57-34-21-13-30(14-22-34)46-40(52)48-59(55,56)36-25-17-32(18-26-36)44-38(50)42-28-9-5-2-6-10-28/h1-26H,(H2,41,43,49)(H2,42,44,50)(H2,45,47,51)(H2,46,48,52). The number of hydrogen-bond donors (Lipinski definition) is 8. The van der Waals surface area contributed by atoms with Gasteiger partial charge in [0.15, 0.2) is 0 Å². The van der Waals surface area contributed by atoms with Crippen molar-refractivity contribution in [3.05, 3.63) is 158 Å². The fourth-order valence-electron chi connectivity index (χ4n) is 5.09. The highest BCUT2D eigenvalue weighted by molar-refractivity contribution is 7.99. The number of sulfonamides is 2. The molecule has 0 spiro atoms. The highest BCUT2D eigenvalue weighted by Crippen LogP contribution is 2.29. The van der Waals surface area contributed by atoms with Crippen molar-refractivity contribution in [2.75, 3.05) is 31.9 Å². The van der Waals surface area contributed by atoms with Crippen LogP contribution in [0.4, 0.5) is 53.3 Å². The second kappa shape index (κ2) is 18.7. The topological polar surface area (TPSA) is 233 Å². The molecule has 0 aromatic heterocycles. The minimum Gasteiger partial charge on any atom is -0.308 e. The van der Waals surface area contributed by atoms with Crippen molar-refractivity contribution in [2.24, 2.45) is 0 Å². The molecule has 0 aliphatic heterocycles. The molecule has 0 aliphatic carbocycles. The van der Waals surface area contributed by atoms with Gasteiger partial charge in [0, 0.05) is 43.9 Å². The molecule has 0 aliphatic rings. The van der Waals surface area contributed by atoms with Crippen LogP contribution in [0, 0.1) is 0 Å². The van der Waals surface area contributed by atoms with Gasteiger partial charge in [-0.05, 0) is 121 Å². The van der Waals surface area contributed by atoms with E-state index in [9.17, 15) is 36.0 Å². The first-order chi connectivity index (χ1) is 28.3. The molecule has 0 bridgehead atoms. The molecule has 16 nitrogen and oxygen atoms in total. The first-order valence-electron chi connectivity index (χ1n) is 17.3. The molecule has 0 saturated carbocycles. The van der Waals surface area contributed by atoms with E-state index in [0.717, 1.165) is 9.79 Å². The lowest BCUT2D eigenvalue weighted by Crippen LogP contribution is -2.34. The molecule has 6 aromatic carbocycles. The first kappa shape index (κ1) is 41.3. The van der Waals surface area contributed by atoms with Crippen molar-refractivity contribution < 1.29 is 36.0 Å². The van der Waals surface area contributed by atoms with Gasteiger partial charge < -0.3 is 31.9 Å². The van der Waals surface area contributed by atoms with Crippen LogP contribution in [0.15, 0.2) is 177 Å². The predicted molar refractivity (Wildman–Crippen MR) is 227 cm³/mol. The first-order valence-corrected chi connectivity index (χ1v) is 21.1. The predicted octanol–water partition coefficient (Wildman–Crippen LogP) is 8.15. The van der Waals surface area contributed by atoms with Gasteiger partial charge >= 0.3 is 24.1 Å². The summed E-state index contributed by atoms with van der Waals surface area (Å²) in [4.78, 5) is 50.7. The maximum absolute atomic E-state index is 12.8. The van der Waals surface area contributed by atoms with E-state index < -0.39 is 44.2 Å². The Hall–Kier alpha value is -7.35. The lowest BCUT2D eigenvalue weighted by atomic mass is 10.3. The summed E-state index contributed by atoms with van der Waals surface area (Å²) in [7, 11) is -8.47. The van der Waals surface area contributed by atoms with Gasteiger partial charge in [-0.25, -0.2) is 45.5 Å². The van der Waals surface area contributed by atoms with Gasteiger partial charge in [-0.3, -0.25) is 0 Å². The van der Waals surface area contributed by atoms with Crippen molar-refractivity contribution in [3.63, 3.8) is 0 Å². The Morgan fingerprint density at radius 3 is 0.881 bits per heavy atom. The molecule has 0 atom stereocenters. The molecule has 19 heteroatoms. The molecule has 0 fully saturated rings. The summed E-state index contributed by atoms with van der Waals surface area (Å²) in [5.74, 6) is 0. The number of hydrogen-bond acceptors (Lipinski definition) is 9. The van der Waals surface area contributed by atoms with Crippen LogP contribution in [-0.2, 0) is 20.0 Å². The van der Waals surface area contributed by atoms with Gasteiger partial charge in [0.25, 0.3) is 20.0 Å². The van der Waals surface area contributed by atoms with Crippen LogP contribution in [0.3, 0.4) is 0 Å². The molecular formula is C40H34N8O8S3. The minimum atomic E-state index is -4.24. The van der Waals surface area contributed by atoms with Gasteiger partial charge in [-0.1, -0.05) is 48.2 Å². The molecular weight excluding hydrogens is 817 g/mol. The second-order valence-corrected chi connectivity index (χ2v) is 16.7. The van der Waals surface area contributed by atoms with E-state index in [4.69, 9.17) is 0 Å². The number of amides is 8. The van der Waals surface area contributed by atoms with Crippen LogP contribution in [0.2, 0.25) is 0 Å². The Balaban J connectivity index is 0.934. The summed E-state index contributed by atoms with van der Waals surface area (Å²) in [5, 5.41) is 15.5. The quantitative estimate of drug-likeness (QED) is 0.0593. The number of benzene rings is 6. The molecule has 59 heavy (non-hydrogen) atoms. The third kappa shape index (κ3) is 12.3. The molecule has 300 valence electrons. The fourth-order valence-corrected chi connectivity index (χ4v) is 7.72. The van der Waals surface area contributed by atoms with Gasteiger partial charge in [0.1, 0.15) is 0 Å². The number of rotatable bonds is 12. The zero-order valence-corrected chi connectivity index (χ0v) is 33.0. The number of carbonyl (C=O) groups is 4. The fraction of sp³-hybridized carbons (Fsp3) is 0. The minimum absolute atomic E-state index is 0.191. The molecule has 6 aromatic rings. The van der Waals surface area contributed by atoms with Crippen LogP contribution >= 0.6 is 11.8 Å². The smallest absolute Gasteiger partial charge is 0.308 e. The Morgan fingerprint density at radius 1 is 0.322 bits per heavy atom. The highest BCUT2D eigenvalue weighted by atomic mass is 32.2. The van der Waals surface area contributed by atoms with Crippen LogP contribution in [0.25, 0.3) is 0 Å². The van der Waals surface area contributed by atoms with Gasteiger partial charge in [-0.2, -0.15) is 0 Å². The SMILES string of the molecule is O=C(Nc1ccccc1)Nc1ccc(S(=O)(=O)NC(=O)Nc2ccc(Sc3ccc(NC(=O)NS(=O)(=O)c4ccc(NC(=O)Nc5ccccc5)cc4)cc3)cc2)cc1. The molecule has 0 saturated heterocycles. The number of urea groups is 4. The Bertz CT molecular complexity index is 2470. The monoisotopic (exact) mass is 850 g/mol. The lowest BCUT2D eigenvalue weighted by molar-refractivity contribution is 0.255. The molecule has 0 heterocycles. The Labute approximate surface area is 343 Å². The summed E-state index contributed by atoms with van der Waals surface area (Å²) < 4.78 is 55.1. The molecule has 8 N–H and O–H groups in total. The van der Waals surface area contributed by atoms with Crippen LogP contribution < -0.4 is 41.3 Å². The maximum Gasteiger partial charge on any atom is 0.333 e. The third-order valence-electron chi connectivity index (χ3n) is 7.82. The van der Waals surface area contributed by atoms with Crippen molar-refractivity contribution in [1.29, 1.82) is 0 Å². The van der Waals surface area contributed by atoms with Crippen LogP contribution in [0.1, 0.15) is 0 Å². The van der Waals surface area contributed by atoms with E-state index in [1.165, 1.54) is 60.3 Å². The maximum atomic E-state index is 12.8. The summed E-state index contributed by atoms with van der Waals surface area (Å²) in [6.07, 6.45) is 0. The zero-order valence-electron chi connectivity index (χ0n) is 30.5. The second-order valence-electron chi connectivity index (χ2n) is 12.2. The average molecular weight is 851 g/mol. The summed E-state index contributed by atoms with van der Waals surface area (Å²) in [5.41, 5.74) is 2.49. The van der Waals surface area contributed by atoms with Gasteiger partial charge in [0.2, 0.25) is 0 Å². The van der Waals surface area contributed by atoms with E-state index in [2.05, 4.69) is 31.9 Å². The van der Waals surface area contributed by atoms with Crippen LogP contribution in [0.5, 0.6) is 0 Å². The van der Waals surface area contributed by atoms with E-state index in [1.807, 2.05) is 21.6 Å². The Kier molecular flexibility index (Phi) is 13.1. The van der Waals surface area contributed by atoms with E-state index in [1.54, 1.807) is 97.1 Å². The van der Waals surface area contributed by atoms with E-state index >= 15 is 0 Å². The van der Waals surface area contributed by atoms with Crippen molar-refractivity contribution in [1.82, 2.24) is 9.44 Å². The number of para-hydroxylation sites is 2. The van der Waals surface area contributed by atoms with Crippen LogP contribution in [-0.4, -0.2) is 41.0 Å². The number of anilines is 6. The lowest BCUT2D eigenvalue weighted by Gasteiger charge is -2.11. The van der Waals surface area contributed by atoms with E-state index in [-0.39, 0.29) is 9.79 Å². The zero-order chi connectivity index (χ0) is 41.8. The highest BCUT2D eigenvalue weighted by Gasteiger charge is 2.19. The van der Waals surface area contributed by atoms with Crippen molar-refractivity contribution in [3.8, 4) is 0 Å².